The molecule has 1 aromatic carbocycles. The van der Waals surface area contributed by atoms with Gasteiger partial charge in [0.15, 0.2) is 5.78 Å². The van der Waals surface area contributed by atoms with Crippen molar-refractivity contribution >= 4 is 5.78 Å². The Kier molecular flexibility index (Phi) is 2.82. The molecule has 0 aromatic heterocycles. The Morgan fingerprint density at radius 2 is 2.17 bits per heavy atom. The Balaban J connectivity index is 2.87. The predicted molar refractivity (Wildman–Crippen MR) is 44.3 cm³/mol. The van der Waals surface area contributed by atoms with E-state index in [2.05, 4.69) is 4.74 Å². The summed E-state index contributed by atoms with van der Waals surface area (Å²) >= 11 is 0. The number of rotatable bonds is 3. The number of Topliss-reactive ketones (excluding diaryl/α,β-unsaturated/α-hetero) is 1. The third kappa shape index (κ3) is 1.83. The molecule has 0 unspecified atom stereocenters. The molecule has 0 heterocycles. The molecule has 0 radical (unpaired) electrons. The molecule has 0 amide bonds. The summed E-state index contributed by atoms with van der Waals surface area (Å²) in [5.41, 5.74) is 0.305. The van der Waals surface area contributed by atoms with Crippen LogP contribution in [0.25, 0.3) is 0 Å². The number of phenolic OH excluding ortho intramolecular Hbond substituents is 1. The average molecular weight is 166 g/mol. The van der Waals surface area contributed by atoms with Crippen molar-refractivity contribution in [2.75, 3.05) is 13.7 Å². The number of para-hydroxylation sites is 1. The highest BCUT2D eigenvalue weighted by molar-refractivity contribution is 5.99. The van der Waals surface area contributed by atoms with Gasteiger partial charge in [0.1, 0.15) is 12.4 Å². The summed E-state index contributed by atoms with van der Waals surface area (Å²) in [6.45, 7) is -0.00241. The van der Waals surface area contributed by atoms with Crippen LogP contribution in [0.4, 0.5) is 0 Å². The molecule has 1 N–H and O–H groups in total. The summed E-state index contributed by atoms with van der Waals surface area (Å²) in [7, 11) is 1.44. The van der Waals surface area contributed by atoms with Crippen LogP contribution in [-0.2, 0) is 4.74 Å². The van der Waals surface area contributed by atoms with Gasteiger partial charge in [-0.2, -0.15) is 0 Å². The van der Waals surface area contributed by atoms with E-state index in [0.29, 0.717) is 5.56 Å². The second-order valence-electron chi connectivity index (χ2n) is 2.37. The predicted octanol–water partition coefficient (Wildman–Crippen LogP) is 1.22. The number of carbonyl (C=O) groups is 1. The number of hydrogen-bond donors (Lipinski definition) is 1. The number of carbonyl (C=O) groups excluding carboxylic acids is 1. The van der Waals surface area contributed by atoms with Crippen molar-refractivity contribution in [3.63, 3.8) is 0 Å². The Labute approximate surface area is 70.6 Å². The smallest absolute Gasteiger partial charge is 0.192 e. The molecule has 0 spiro atoms. The lowest BCUT2D eigenvalue weighted by atomic mass is 10.1. The van der Waals surface area contributed by atoms with Gasteiger partial charge in [0.05, 0.1) is 5.56 Å². The standard InChI is InChI=1S/C9H10O3/c1-12-6-9(11)7-4-2-3-5-8(7)10/h2-5,10H,6H2,1H3. The van der Waals surface area contributed by atoms with Crippen LogP contribution in [-0.4, -0.2) is 24.6 Å². The number of benzene rings is 1. The maximum absolute atomic E-state index is 11.2. The van der Waals surface area contributed by atoms with Gasteiger partial charge in [0.2, 0.25) is 0 Å². The Morgan fingerprint density at radius 3 is 2.75 bits per heavy atom. The lowest BCUT2D eigenvalue weighted by Gasteiger charge is -2.01. The fraction of sp³-hybridized carbons (Fsp3) is 0.222. The average Bonchev–Trinajstić information content (AvgIpc) is 2.05. The number of methoxy groups -OCH3 is 1. The van der Waals surface area contributed by atoms with E-state index in [9.17, 15) is 9.90 Å². The minimum atomic E-state index is -0.212. The monoisotopic (exact) mass is 166 g/mol. The van der Waals surface area contributed by atoms with E-state index in [0.717, 1.165) is 0 Å². The first-order chi connectivity index (χ1) is 5.75. The molecular weight excluding hydrogens is 156 g/mol. The first-order valence-corrected chi connectivity index (χ1v) is 3.56. The highest BCUT2D eigenvalue weighted by Gasteiger charge is 2.08. The molecule has 3 heteroatoms. The molecule has 0 aliphatic heterocycles. The van der Waals surface area contributed by atoms with Gasteiger partial charge in [-0.1, -0.05) is 12.1 Å². The third-order valence-corrected chi connectivity index (χ3v) is 1.48. The highest BCUT2D eigenvalue weighted by Crippen LogP contribution is 2.15. The van der Waals surface area contributed by atoms with Crippen LogP contribution in [0.3, 0.4) is 0 Å². The quantitative estimate of drug-likeness (QED) is 0.687. The molecule has 0 fully saturated rings. The lowest BCUT2D eigenvalue weighted by Crippen LogP contribution is -2.06. The van der Waals surface area contributed by atoms with Crippen LogP contribution in [0.5, 0.6) is 5.75 Å². The number of phenols is 1. The topological polar surface area (TPSA) is 46.5 Å². The van der Waals surface area contributed by atoms with Gasteiger partial charge in [-0.05, 0) is 12.1 Å². The summed E-state index contributed by atoms with van der Waals surface area (Å²) in [6, 6.07) is 6.40. The SMILES string of the molecule is COCC(=O)c1ccccc1O. The van der Waals surface area contributed by atoms with Crippen LogP contribution in [0.2, 0.25) is 0 Å². The number of ether oxygens (including phenoxy) is 1. The van der Waals surface area contributed by atoms with Crippen LogP contribution in [0.1, 0.15) is 10.4 Å². The summed E-state index contributed by atoms with van der Waals surface area (Å²) in [5, 5.41) is 9.23. The zero-order valence-electron chi connectivity index (χ0n) is 6.78. The van der Waals surface area contributed by atoms with Gasteiger partial charge in [0.25, 0.3) is 0 Å². The molecule has 0 saturated carbocycles. The van der Waals surface area contributed by atoms with Gasteiger partial charge in [-0.3, -0.25) is 4.79 Å². The number of aromatic hydroxyl groups is 1. The summed E-state index contributed by atoms with van der Waals surface area (Å²) < 4.78 is 4.65. The van der Waals surface area contributed by atoms with Gasteiger partial charge < -0.3 is 9.84 Å². The van der Waals surface area contributed by atoms with E-state index >= 15 is 0 Å². The maximum atomic E-state index is 11.2. The largest absolute Gasteiger partial charge is 0.507 e. The van der Waals surface area contributed by atoms with Crippen molar-refractivity contribution in [3.8, 4) is 5.75 Å². The van der Waals surface area contributed by atoms with Crippen molar-refractivity contribution in [3.05, 3.63) is 29.8 Å². The Hall–Kier alpha value is -1.35. The number of hydrogen-bond acceptors (Lipinski definition) is 3. The zero-order valence-corrected chi connectivity index (χ0v) is 6.78. The second kappa shape index (κ2) is 3.88. The third-order valence-electron chi connectivity index (χ3n) is 1.48. The van der Waals surface area contributed by atoms with Crippen LogP contribution in [0.15, 0.2) is 24.3 Å². The summed E-state index contributed by atoms with van der Waals surface area (Å²) in [4.78, 5) is 11.2. The zero-order chi connectivity index (χ0) is 8.97. The van der Waals surface area contributed by atoms with Crippen LogP contribution in [0, 0.1) is 0 Å². The lowest BCUT2D eigenvalue weighted by molar-refractivity contribution is 0.0845. The summed E-state index contributed by atoms with van der Waals surface area (Å²) in [6.07, 6.45) is 0. The van der Waals surface area contributed by atoms with Crippen LogP contribution < -0.4 is 0 Å². The van der Waals surface area contributed by atoms with E-state index in [1.807, 2.05) is 0 Å². The first kappa shape index (κ1) is 8.74. The van der Waals surface area contributed by atoms with Crippen LogP contribution >= 0.6 is 0 Å². The van der Waals surface area contributed by atoms with Gasteiger partial charge >= 0.3 is 0 Å². The molecule has 0 bridgehead atoms. The molecular formula is C9H10O3. The van der Waals surface area contributed by atoms with Gasteiger partial charge in [-0.15, -0.1) is 0 Å². The normalized spacial score (nSPS) is 9.75. The van der Waals surface area contributed by atoms with Crippen molar-refractivity contribution in [1.82, 2.24) is 0 Å². The highest BCUT2D eigenvalue weighted by atomic mass is 16.5. The fourth-order valence-electron chi connectivity index (χ4n) is 0.918. The van der Waals surface area contributed by atoms with E-state index in [-0.39, 0.29) is 18.1 Å². The Bertz CT molecular complexity index is 281. The fourth-order valence-corrected chi connectivity index (χ4v) is 0.918. The van der Waals surface area contributed by atoms with Crippen molar-refractivity contribution in [1.29, 1.82) is 0 Å². The molecule has 0 aliphatic carbocycles. The van der Waals surface area contributed by atoms with Gasteiger partial charge in [0, 0.05) is 7.11 Å². The van der Waals surface area contributed by atoms with E-state index < -0.39 is 0 Å². The van der Waals surface area contributed by atoms with Crippen molar-refractivity contribution in [2.45, 2.75) is 0 Å². The molecule has 1 aromatic rings. The molecule has 0 aliphatic rings. The second-order valence-corrected chi connectivity index (χ2v) is 2.37. The van der Waals surface area contributed by atoms with E-state index in [4.69, 9.17) is 0 Å². The van der Waals surface area contributed by atoms with E-state index in [1.165, 1.54) is 13.2 Å². The van der Waals surface area contributed by atoms with E-state index in [1.54, 1.807) is 18.2 Å². The minimum absolute atomic E-state index is 0.000417. The minimum Gasteiger partial charge on any atom is -0.507 e. The summed E-state index contributed by atoms with van der Waals surface area (Å²) in [5.74, 6) is -0.213. The molecule has 1 rings (SSSR count). The van der Waals surface area contributed by atoms with Crippen molar-refractivity contribution < 1.29 is 14.6 Å². The molecule has 64 valence electrons. The molecule has 3 nitrogen and oxygen atoms in total. The molecule has 12 heavy (non-hydrogen) atoms. The van der Waals surface area contributed by atoms with Crippen molar-refractivity contribution in [2.24, 2.45) is 0 Å². The Morgan fingerprint density at radius 1 is 1.50 bits per heavy atom. The maximum Gasteiger partial charge on any atom is 0.192 e. The first-order valence-electron chi connectivity index (χ1n) is 3.56. The molecule has 0 atom stereocenters. The van der Waals surface area contributed by atoms with Gasteiger partial charge in [-0.25, -0.2) is 0 Å². The number of ketones is 1. The molecule has 0 saturated heterocycles.